The maximum absolute atomic E-state index is 8.33. The first-order valence-corrected chi connectivity index (χ1v) is 2.13. The van der Waals surface area contributed by atoms with Crippen LogP contribution in [0.5, 0.6) is 0 Å². The first-order valence-electron chi connectivity index (χ1n) is 1.59. The van der Waals surface area contributed by atoms with Gasteiger partial charge < -0.3 is 5.11 Å². The second-order valence-corrected chi connectivity index (χ2v) is 1.14. The Morgan fingerprint density at radius 3 is 2.71 bits per heavy atom. The molecule has 0 saturated heterocycles. The van der Waals surface area contributed by atoms with Crippen LogP contribution in [-0.4, -0.2) is 11.0 Å². The zero-order valence-corrected chi connectivity index (χ0v) is 4.26. The summed E-state index contributed by atoms with van der Waals surface area (Å²) in [6.45, 7) is 0. The highest BCUT2D eigenvalue weighted by atomic mass is 35.5. The smallest absolute Gasteiger partial charge is 0.388 e. The second kappa shape index (κ2) is 3.44. The summed E-state index contributed by atoms with van der Waals surface area (Å²) in [5.74, 6) is -0.173. The Labute approximate surface area is 45.8 Å². The van der Waals surface area contributed by atoms with Crippen LogP contribution in [0.4, 0.5) is 0 Å². The maximum Gasteiger partial charge on any atom is 0.388 e. The Morgan fingerprint density at radius 1 is 2.00 bits per heavy atom. The van der Waals surface area contributed by atoms with Gasteiger partial charge >= 0.3 is 6.20 Å². The fourth-order valence-corrected chi connectivity index (χ4v) is 0.170. The molecule has 0 aromatic carbocycles. The Hall–Kier alpha value is -0.750. The lowest BCUT2D eigenvalue weighted by molar-refractivity contribution is 0.416. The van der Waals surface area contributed by atoms with E-state index in [1.807, 2.05) is 0 Å². The predicted molar refractivity (Wildman–Crippen MR) is 26.5 cm³/mol. The molecule has 7 heavy (non-hydrogen) atoms. The first-order chi connectivity index (χ1) is 3.31. The zero-order chi connectivity index (χ0) is 5.70. The average molecular weight is 120 g/mol. The summed E-state index contributed by atoms with van der Waals surface area (Å²) in [6, 6.07) is 0. The van der Waals surface area contributed by atoms with Crippen LogP contribution in [0.2, 0.25) is 0 Å². The molecule has 0 spiro atoms. The van der Waals surface area contributed by atoms with Gasteiger partial charge in [0.05, 0.1) is 5.88 Å². The van der Waals surface area contributed by atoms with Crippen molar-refractivity contribution >= 4 is 11.6 Å². The highest BCUT2D eigenvalue weighted by Gasteiger charge is 1.92. The van der Waals surface area contributed by atoms with Crippen molar-refractivity contribution in [1.29, 1.82) is 5.39 Å². The van der Waals surface area contributed by atoms with E-state index in [0.717, 1.165) is 6.20 Å². The lowest BCUT2D eigenvalue weighted by Crippen LogP contribution is -1.76. The van der Waals surface area contributed by atoms with E-state index in [1.54, 1.807) is 0 Å². The van der Waals surface area contributed by atoms with Crippen molar-refractivity contribution in [3.05, 3.63) is 16.9 Å². The summed E-state index contributed by atoms with van der Waals surface area (Å²) >= 11 is 5.04. The van der Waals surface area contributed by atoms with E-state index in [4.69, 9.17) is 22.1 Å². The Morgan fingerprint density at radius 2 is 2.57 bits per heavy atom. The number of aliphatic hydroxyl groups excluding tert-OH is 1. The normalized spacial score (nSPS) is 10.6. The third-order valence-corrected chi connectivity index (χ3v) is 0.617. The average Bonchev–Trinajstić information content (AvgIpc) is 1.68. The van der Waals surface area contributed by atoms with E-state index >= 15 is 0 Å². The van der Waals surface area contributed by atoms with E-state index < -0.39 is 0 Å². The molecule has 1 N–H and O–H groups in total. The van der Waals surface area contributed by atoms with Gasteiger partial charge in [0.1, 0.15) is 0 Å². The summed E-state index contributed by atoms with van der Waals surface area (Å²) in [6.07, 6.45) is 0.868. The third-order valence-electron chi connectivity index (χ3n) is 0.344. The highest BCUT2D eigenvalue weighted by Crippen LogP contribution is 1.89. The van der Waals surface area contributed by atoms with Crippen molar-refractivity contribution in [2.24, 2.45) is 0 Å². The van der Waals surface area contributed by atoms with Crippen LogP contribution in [0.15, 0.2) is 12.0 Å². The minimum Gasteiger partial charge on any atom is -0.505 e. The summed E-state index contributed by atoms with van der Waals surface area (Å²) in [4.78, 5) is 2.51. The molecule has 0 atom stereocenters. The standard InChI is InChI=1S/C3H3ClN2O/c4-1-3(7)2-6-5/h2H,1H2/p+1/b3-2-. The van der Waals surface area contributed by atoms with Gasteiger partial charge in [-0.05, 0) is 0 Å². The Kier molecular flexibility index (Phi) is 3.07. The van der Waals surface area contributed by atoms with Gasteiger partial charge in [-0.2, -0.15) is 0 Å². The van der Waals surface area contributed by atoms with E-state index in [2.05, 4.69) is 4.98 Å². The van der Waals surface area contributed by atoms with Crippen molar-refractivity contribution in [3.63, 3.8) is 0 Å². The van der Waals surface area contributed by atoms with Crippen LogP contribution in [0.1, 0.15) is 0 Å². The maximum atomic E-state index is 8.33. The SMILES string of the molecule is N#[N+]/C=C(\O)CCl. The Bertz CT molecular complexity index is 115. The molecule has 0 aliphatic heterocycles. The Balaban J connectivity index is 3.56. The van der Waals surface area contributed by atoms with Gasteiger partial charge in [-0.25, -0.2) is 0 Å². The predicted octanol–water partition coefficient (Wildman–Crippen LogP) is 1.48. The van der Waals surface area contributed by atoms with E-state index in [0.29, 0.717) is 0 Å². The number of allylic oxidation sites excluding steroid dienone is 1. The molecule has 4 heteroatoms. The van der Waals surface area contributed by atoms with Gasteiger partial charge in [0.25, 0.3) is 0 Å². The topological polar surface area (TPSA) is 48.4 Å². The van der Waals surface area contributed by atoms with Crippen LogP contribution in [-0.2, 0) is 0 Å². The van der Waals surface area contributed by atoms with Gasteiger partial charge in [-0.1, -0.05) is 0 Å². The van der Waals surface area contributed by atoms with Gasteiger partial charge in [0, 0.05) is 0 Å². The quantitative estimate of drug-likeness (QED) is 0.323. The molecule has 0 fully saturated rings. The summed E-state index contributed by atoms with van der Waals surface area (Å²) in [5.41, 5.74) is 0. The largest absolute Gasteiger partial charge is 0.505 e. The lowest BCUT2D eigenvalue weighted by Gasteiger charge is -1.75. The van der Waals surface area contributed by atoms with Crippen molar-refractivity contribution in [2.45, 2.75) is 0 Å². The molecule has 0 aromatic heterocycles. The molecule has 0 rings (SSSR count). The molecular weight excluding hydrogens is 115 g/mol. The van der Waals surface area contributed by atoms with Crippen LogP contribution in [0.25, 0.3) is 4.98 Å². The van der Waals surface area contributed by atoms with Crippen molar-refractivity contribution in [3.8, 4) is 0 Å². The molecule has 0 aliphatic rings. The number of hydrogen-bond acceptors (Lipinski definition) is 2. The van der Waals surface area contributed by atoms with Gasteiger partial charge in [0.2, 0.25) is 5.39 Å². The van der Waals surface area contributed by atoms with Crippen LogP contribution in [0, 0.1) is 5.39 Å². The number of hydrogen-bond donors (Lipinski definition) is 1. The molecule has 0 aliphatic carbocycles. The molecule has 0 heterocycles. The van der Waals surface area contributed by atoms with Crippen molar-refractivity contribution < 1.29 is 5.11 Å². The highest BCUT2D eigenvalue weighted by molar-refractivity contribution is 6.19. The number of halogens is 1. The molecule has 3 nitrogen and oxygen atoms in total. The molecule has 0 aromatic rings. The number of alkyl halides is 1. The molecular formula is C3H4ClN2O+. The zero-order valence-electron chi connectivity index (χ0n) is 3.50. The molecule has 38 valence electrons. The number of rotatable bonds is 1. The summed E-state index contributed by atoms with van der Waals surface area (Å²) < 4.78 is 0. The van der Waals surface area contributed by atoms with E-state index in [1.165, 1.54) is 0 Å². The monoisotopic (exact) mass is 119 g/mol. The number of diazo groups is 1. The summed E-state index contributed by atoms with van der Waals surface area (Å²) in [5, 5.41) is 16.0. The first kappa shape index (κ1) is 6.25. The van der Waals surface area contributed by atoms with Gasteiger partial charge in [0.15, 0.2) is 10.7 Å². The van der Waals surface area contributed by atoms with Crippen LogP contribution < -0.4 is 0 Å². The molecule has 0 radical (unpaired) electrons. The molecule has 0 unspecified atom stereocenters. The fourth-order valence-electron chi connectivity index (χ4n) is 0.101. The van der Waals surface area contributed by atoms with Crippen molar-refractivity contribution in [1.82, 2.24) is 0 Å². The van der Waals surface area contributed by atoms with Crippen LogP contribution in [0.3, 0.4) is 0 Å². The lowest BCUT2D eigenvalue weighted by atomic mass is 10.6. The van der Waals surface area contributed by atoms with E-state index in [-0.39, 0.29) is 11.6 Å². The molecule has 0 amide bonds. The molecule has 0 saturated carbocycles. The van der Waals surface area contributed by atoms with Gasteiger partial charge in [-0.15, -0.1) is 11.6 Å². The summed E-state index contributed by atoms with van der Waals surface area (Å²) in [7, 11) is 0. The second-order valence-electron chi connectivity index (χ2n) is 0.870. The minimum atomic E-state index is -0.149. The minimum absolute atomic E-state index is 0.0237. The van der Waals surface area contributed by atoms with Gasteiger partial charge in [-0.3, -0.25) is 0 Å². The van der Waals surface area contributed by atoms with Crippen molar-refractivity contribution in [2.75, 3.05) is 5.88 Å². The van der Waals surface area contributed by atoms with E-state index in [9.17, 15) is 0 Å². The molecule has 0 bridgehead atoms. The fraction of sp³-hybridized carbons (Fsp3) is 0.333. The third kappa shape index (κ3) is 3.07. The number of nitrogens with zero attached hydrogens (tertiary/aromatic N) is 2. The van der Waals surface area contributed by atoms with Crippen LogP contribution >= 0.6 is 11.6 Å². The number of aliphatic hydroxyl groups is 1.